The van der Waals surface area contributed by atoms with Crippen LogP contribution in [0, 0.1) is 5.92 Å². The Balaban J connectivity index is 1.63. The Morgan fingerprint density at radius 1 is 1.13 bits per heavy atom. The Morgan fingerprint density at radius 3 is 2.29 bits per heavy atom. The highest BCUT2D eigenvalue weighted by atomic mass is 32.2. The van der Waals surface area contributed by atoms with Gasteiger partial charge in [-0.3, -0.25) is 9.78 Å². The molecule has 3 rings (SSSR count). The molecular weight excluding hydrogens is 431 g/mol. The van der Waals surface area contributed by atoms with Crippen LogP contribution in [0.2, 0.25) is 0 Å². The lowest BCUT2D eigenvalue weighted by atomic mass is 9.96. The highest BCUT2D eigenvalue weighted by Crippen LogP contribution is 2.29. The molecule has 31 heavy (non-hydrogen) atoms. The lowest BCUT2D eigenvalue weighted by Crippen LogP contribution is -2.44. The van der Waals surface area contributed by atoms with Crippen molar-refractivity contribution in [3.8, 4) is 0 Å². The first kappa shape index (κ1) is 23.2. The van der Waals surface area contributed by atoms with E-state index in [9.17, 15) is 26.4 Å². The van der Waals surface area contributed by atoms with Gasteiger partial charge < -0.3 is 4.90 Å². The summed E-state index contributed by atoms with van der Waals surface area (Å²) in [5.41, 5.74) is -0.124. The van der Waals surface area contributed by atoms with Crippen molar-refractivity contribution in [1.82, 2.24) is 14.2 Å². The van der Waals surface area contributed by atoms with Crippen LogP contribution in [0.5, 0.6) is 0 Å². The Bertz CT molecular complexity index is 988. The molecule has 1 aliphatic heterocycles. The van der Waals surface area contributed by atoms with Crippen molar-refractivity contribution < 1.29 is 26.4 Å². The van der Waals surface area contributed by atoms with Crippen molar-refractivity contribution in [1.29, 1.82) is 0 Å². The SMILES string of the molecule is CCN(Cc1ccccc1)C(=O)C1CCN(S(=O)(=O)c2ccc(C(F)(F)F)nc2)CC1. The quantitative estimate of drug-likeness (QED) is 0.668. The van der Waals surface area contributed by atoms with Crippen molar-refractivity contribution in [2.24, 2.45) is 5.92 Å². The summed E-state index contributed by atoms with van der Waals surface area (Å²) in [6.45, 7) is 3.19. The lowest BCUT2D eigenvalue weighted by molar-refractivity contribution is -0.141. The molecule has 10 heteroatoms. The smallest absolute Gasteiger partial charge is 0.338 e. The van der Waals surface area contributed by atoms with E-state index in [1.54, 1.807) is 4.90 Å². The number of nitrogens with zero attached hydrogens (tertiary/aromatic N) is 3. The zero-order valence-electron chi connectivity index (χ0n) is 17.0. The first-order chi connectivity index (χ1) is 14.6. The molecule has 1 aromatic heterocycles. The molecule has 0 atom stereocenters. The average Bonchev–Trinajstić information content (AvgIpc) is 2.77. The van der Waals surface area contributed by atoms with Crippen LogP contribution in [0.3, 0.4) is 0 Å². The van der Waals surface area contributed by atoms with E-state index in [0.717, 1.165) is 17.8 Å². The first-order valence-corrected chi connectivity index (χ1v) is 11.4. The van der Waals surface area contributed by atoms with Crippen LogP contribution >= 0.6 is 0 Å². The summed E-state index contributed by atoms with van der Waals surface area (Å²) in [5.74, 6) is -0.305. The molecule has 1 amide bonds. The van der Waals surface area contributed by atoms with Gasteiger partial charge in [0.05, 0.1) is 0 Å². The van der Waals surface area contributed by atoms with Gasteiger partial charge in [-0.2, -0.15) is 17.5 Å². The molecule has 6 nitrogen and oxygen atoms in total. The van der Waals surface area contributed by atoms with Crippen molar-refractivity contribution in [3.63, 3.8) is 0 Å². The number of benzene rings is 1. The largest absolute Gasteiger partial charge is 0.433 e. The van der Waals surface area contributed by atoms with Gasteiger partial charge in [-0.15, -0.1) is 0 Å². The summed E-state index contributed by atoms with van der Waals surface area (Å²) in [6, 6.07) is 11.2. The molecule has 1 aliphatic rings. The van der Waals surface area contributed by atoms with Crippen LogP contribution in [0.1, 0.15) is 31.0 Å². The zero-order chi connectivity index (χ0) is 22.6. The second-order valence-corrected chi connectivity index (χ2v) is 9.33. The fourth-order valence-corrected chi connectivity index (χ4v) is 5.02. The van der Waals surface area contributed by atoms with Gasteiger partial charge in [0.15, 0.2) is 0 Å². The minimum Gasteiger partial charge on any atom is -0.338 e. The maximum atomic E-state index is 12.9. The molecule has 0 N–H and O–H groups in total. The predicted octanol–water partition coefficient (Wildman–Crippen LogP) is 3.55. The number of carbonyl (C=O) groups is 1. The van der Waals surface area contributed by atoms with Gasteiger partial charge in [-0.1, -0.05) is 30.3 Å². The average molecular weight is 456 g/mol. The fourth-order valence-electron chi connectivity index (χ4n) is 3.60. The van der Waals surface area contributed by atoms with Gasteiger partial charge >= 0.3 is 6.18 Å². The van der Waals surface area contributed by atoms with Gasteiger partial charge in [0.2, 0.25) is 15.9 Å². The van der Waals surface area contributed by atoms with Crippen LogP contribution in [0.25, 0.3) is 0 Å². The van der Waals surface area contributed by atoms with Gasteiger partial charge in [0.1, 0.15) is 10.6 Å². The fraction of sp³-hybridized carbons (Fsp3) is 0.429. The van der Waals surface area contributed by atoms with E-state index < -0.39 is 21.9 Å². The number of sulfonamides is 1. The van der Waals surface area contributed by atoms with Gasteiger partial charge in [-0.25, -0.2) is 8.42 Å². The van der Waals surface area contributed by atoms with Gasteiger partial charge in [0.25, 0.3) is 0 Å². The molecule has 0 aliphatic carbocycles. The molecule has 168 valence electrons. The van der Waals surface area contributed by atoms with Crippen LogP contribution in [0.15, 0.2) is 53.6 Å². The minimum atomic E-state index is -4.63. The third-order valence-corrected chi connectivity index (χ3v) is 7.26. The standard InChI is InChI=1S/C21H24F3N3O3S/c1-2-26(15-16-6-4-3-5-7-16)20(28)17-10-12-27(13-11-17)31(29,30)18-8-9-19(25-14-18)21(22,23)24/h3-9,14,17H,2,10-13,15H2,1H3. The molecule has 0 bridgehead atoms. The first-order valence-electron chi connectivity index (χ1n) is 9.99. The highest BCUT2D eigenvalue weighted by molar-refractivity contribution is 7.89. The molecule has 0 radical (unpaired) electrons. The molecule has 1 fully saturated rings. The molecule has 2 heterocycles. The van der Waals surface area contributed by atoms with Crippen LogP contribution in [0.4, 0.5) is 13.2 Å². The van der Waals surface area contributed by atoms with Gasteiger partial charge in [0, 0.05) is 38.3 Å². The highest BCUT2D eigenvalue weighted by Gasteiger charge is 2.35. The Labute approximate surface area is 179 Å². The monoisotopic (exact) mass is 455 g/mol. The number of hydrogen-bond donors (Lipinski definition) is 0. The number of rotatable bonds is 6. The van der Waals surface area contributed by atoms with Crippen molar-refractivity contribution in [3.05, 3.63) is 59.9 Å². The third-order valence-electron chi connectivity index (χ3n) is 5.38. The summed E-state index contributed by atoms with van der Waals surface area (Å²) < 4.78 is 64.7. The second kappa shape index (κ2) is 9.35. The van der Waals surface area contributed by atoms with E-state index >= 15 is 0 Å². The van der Waals surface area contributed by atoms with E-state index in [-0.39, 0.29) is 29.8 Å². The van der Waals surface area contributed by atoms with Crippen LogP contribution in [-0.4, -0.2) is 48.1 Å². The van der Waals surface area contributed by atoms with Crippen LogP contribution < -0.4 is 0 Å². The van der Waals surface area contributed by atoms with Gasteiger partial charge in [-0.05, 0) is 37.5 Å². The molecule has 1 saturated heterocycles. The number of carbonyl (C=O) groups excluding carboxylic acids is 1. The maximum absolute atomic E-state index is 12.9. The molecule has 1 aromatic carbocycles. The van der Waals surface area contributed by atoms with Crippen LogP contribution in [-0.2, 0) is 27.5 Å². The van der Waals surface area contributed by atoms with Crippen molar-refractivity contribution in [2.45, 2.75) is 37.4 Å². The topological polar surface area (TPSA) is 70.6 Å². The molecule has 2 aromatic rings. The number of piperidine rings is 1. The lowest BCUT2D eigenvalue weighted by Gasteiger charge is -2.33. The second-order valence-electron chi connectivity index (χ2n) is 7.39. The molecule has 0 spiro atoms. The van der Waals surface area contributed by atoms with Crippen molar-refractivity contribution in [2.75, 3.05) is 19.6 Å². The summed E-state index contributed by atoms with van der Waals surface area (Å²) >= 11 is 0. The predicted molar refractivity (Wildman–Crippen MR) is 108 cm³/mol. The maximum Gasteiger partial charge on any atom is 0.433 e. The molecule has 0 saturated carbocycles. The summed E-state index contributed by atoms with van der Waals surface area (Å²) in [6.07, 6.45) is -3.19. The number of aromatic nitrogens is 1. The summed E-state index contributed by atoms with van der Waals surface area (Å²) in [4.78, 5) is 17.6. The summed E-state index contributed by atoms with van der Waals surface area (Å²) in [5, 5.41) is 0. The van der Waals surface area contributed by atoms with E-state index in [4.69, 9.17) is 0 Å². The summed E-state index contributed by atoms with van der Waals surface area (Å²) in [7, 11) is -3.97. The zero-order valence-corrected chi connectivity index (χ0v) is 17.9. The number of pyridine rings is 1. The minimum absolute atomic E-state index is 0.0143. The van der Waals surface area contributed by atoms with E-state index in [1.165, 1.54) is 4.31 Å². The number of hydrogen-bond acceptors (Lipinski definition) is 4. The number of halogens is 3. The van der Waals surface area contributed by atoms with E-state index in [1.807, 2.05) is 37.3 Å². The Hall–Kier alpha value is -2.46. The molecular formula is C21H24F3N3O3S. The number of amides is 1. The Kier molecular flexibility index (Phi) is 7.00. The molecule has 0 unspecified atom stereocenters. The van der Waals surface area contributed by atoms with Crippen molar-refractivity contribution >= 4 is 15.9 Å². The number of alkyl halides is 3. The third kappa shape index (κ3) is 5.43. The van der Waals surface area contributed by atoms with E-state index in [2.05, 4.69) is 4.98 Å². The van der Waals surface area contributed by atoms with E-state index in [0.29, 0.717) is 32.0 Å². The Morgan fingerprint density at radius 2 is 1.77 bits per heavy atom. The normalized spacial score (nSPS) is 16.3.